The number of aliphatic hydroxyl groups excluding tert-OH is 2. The molecule has 5 unspecified atom stereocenters. The normalized spacial score (nSPS) is 14.8. The predicted octanol–water partition coefficient (Wildman–Crippen LogP) is 17.2. The van der Waals surface area contributed by atoms with Crippen molar-refractivity contribution in [2.24, 2.45) is 0 Å². The number of esters is 3. The molecular weight excluding hydrogens is 1100 g/mol. The molecule has 0 aromatic carbocycles. The lowest BCUT2D eigenvalue weighted by Crippen LogP contribution is -2.30. The van der Waals surface area contributed by atoms with Gasteiger partial charge in [0.15, 0.2) is 6.10 Å². The molecule has 0 saturated carbocycles. The second-order valence-electron chi connectivity index (χ2n) is 21.5. The molecular formula is C65H116O16P2. The number of aliphatic hydroxyl groups is 2. The maximum Gasteiger partial charge on any atom is 0.472 e. The number of phosphoric ester groups is 2. The molecule has 4 N–H and O–H groups in total. The van der Waals surface area contributed by atoms with Gasteiger partial charge in [-0.3, -0.25) is 32.5 Å². The van der Waals surface area contributed by atoms with Crippen molar-refractivity contribution in [1.29, 1.82) is 0 Å². The molecule has 16 nitrogen and oxygen atoms in total. The van der Waals surface area contributed by atoms with E-state index in [0.717, 1.165) is 109 Å². The molecule has 0 bridgehead atoms. The second-order valence-corrected chi connectivity index (χ2v) is 24.4. The van der Waals surface area contributed by atoms with E-state index in [0.29, 0.717) is 19.3 Å². The first-order valence-electron chi connectivity index (χ1n) is 32.2. The molecule has 0 aromatic rings. The summed E-state index contributed by atoms with van der Waals surface area (Å²) in [7, 11) is -9.77. The summed E-state index contributed by atoms with van der Waals surface area (Å²) in [5.74, 6) is -1.61. The lowest BCUT2D eigenvalue weighted by atomic mass is 10.0. The van der Waals surface area contributed by atoms with E-state index in [-0.39, 0.29) is 19.3 Å². The maximum absolute atomic E-state index is 12.9. The zero-order valence-corrected chi connectivity index (χ0v) is 53.6. The third-order valence-electron chi connectivity index (χ3n) is 13.4. The number of carbonyl (C=O) groups is 3. The number of rotatable bonds is 61. The van der Waals surface area contributed by atoms with Crippen LogP contribution in [0.1, 0.15) is 265 Å². The zero-order valence-electron chi connectivity index (χ0n) is 51.9. The average Bonchev–Trinajstić information content (AvgIpc) is 3.46. The van der Waals surface area contributed by atoms with Crippen molar-refractivity contribution < 1.29 is 75.8 Å². The smallest absolute Gasteiger partial charge is 0.463 e. The Balaban J connectivity index is 4.66. The molecule has 0 rings (SSSR count). The number of hydrogen-bond donors (Lipinski definition) is 4. The lowest BCUT2D eigenvalue weighted by Gasteiger charge is -2.21. The Labute approximate surface area is 503 Å². The van der Waals surface area contributed by atoms with Gasteiger partial charge < -0.3 is 34.2 Å². The van der Waals surface area contributed by atoms with Crippen LogP contribution in [0.3, 0.4) is 0 Å². The second kappa shape index (κ2) is 59.3. The monoisotopic (exact) mass is 1210 g/mol. The first-order chi connectivity index (χ1) is 40.2. The standard InChI is InChI=1S/C65H116O16P2/c1-4-7-10-13-16-19-22-25-27-28-29-30-32-35-36-39-42-45-48-51-63(68)75-54-60(66)55-77-82(71,72)78-56-61(67)57-79-83(73,74)80-59-62(81-65(70)53-50-47-44-41-38-33-24-21-18-15-12-9-6-3)58-76-64(69)52-49-46-43-40-37-34-31-26-23-20-17-14-11-8-5-2/h7,10,16,19,21,24-25,27,29-30,35-36,60-62,66-67H,4-6,8-9,11-15,17-18,20,22-23,26,28,31-34,37-59H2,1-3H3,(H,71,72)(H,73,74)/b10-7-,19-16-,24-21-,27-25-,30-29-,36-35-. The molecule has 0 aromatic heterocycles. The van der Waals surface area contributed by atoms with Gasteiger partial charge in [0.25, 0.3) is 0 Å². The molecule has 18 heteroatoms. The van der Waals surface area contributed by atoms with Gasteiger partial charge in [-0.15, -0.1) is 0 Å². The Morgan fingerprint density at radius 2 is 0.639 bits per heavy atom. The zero-order chi connectivity index (χ0) is 61.0. The fourth-order valence-corrected chi connectivity index (χ4v) is 10.1. The molecule has 0 fully saturated rings. The third kappa shape index (κ3) is 60.5. The number of allylic oxidation sites excluding steroid dienone is 12. The largest absolute Gasteiger partial charge is 0.472 e. The van der Waals surface area contributed by atoms with Gasteiger partial charge in [0.1, 0.15) is 25.4 Å². The summed E-state index contributed by atoms with van der Waals surface area (Å²) in [5.41, 5.74) is 0. The molecule has 482 valence electrons. The van der Waals surface area contributed by atoms with Gasteiger partial charge in [0.05, 0.1) is 26.4 Å². The topological polar surface area (TPSA) is 231 Å². The van der Waals surface area contributed by atoms with E-state index in [1.807, 2.05) is 0 Å². The highest BCUT2D eigenvalue weighted by atomic mass is 31.2. The van der Waals surface area contributed by atoms with Gasteiger partial charge in [-0.2, -0.15) is 0 Å². The first kappa shape index (κ1) is 80.0. The number of ether oxygens (including phenoxy) is 3. The summed E-state index contributed by atoms with van der Waals surface area (Å²) < 4.78 is 60.7. The fourth-order valence-electron chi connectivity index (χ4n) is 8.47. The first-order valence-corrected chi connectivity index (χ1v) is 35.2. The van der Waals surface area contributed by atoms with Crippen LogP contribution in [-0.4, -0.2) is 95.9 Å². The number of hydrogen-bond acceptors (Lipinski definition) is 14. The highest BCUT2D eigenvalue weighted by Gasteiger charge is 2.29. The van der Waals surface area contributed by atoms with E-state index in [2.05, 4.69) is 93.7 Å². The lowest BCUT2D eigenvalue weighted by molar-refractivity contribution is -0.161. The van der Waals surface area contributed by atoms with E-state index in [4.69, 9.17) is 32.3 Å². The number of phosphoric acid groups is 2. The Bertz CT molecular complexity index is 1820. The van der Waals surface area contributed by atoms with E-state index in [1.165, 1.54) is 96.3 Å². The molecule has 0 aliphatic rings. The van der Waals surface area contributed by atoms with Crippen molar-refractivity contribution >= 4 is 33.6 Å². The summed E-state index contributed by atoms with van der Waals surface area (Å²) in [6.45, 7) is 2.50. The van der Waals surface area contributed by atoms with E-state index >= 15 is 0 Å². The summed E-state index contributed by atoms with van der Waals surface area (Å²) in [6, 6.07) is 0. The van der Waals surface area contributed by atoms with Gasteiger partial charge in [-0.25, -0.2) is 9.13 Å². The van der Waals surface area contributed by atoms with E-state index < -0.39 is 91.5 Å². The Hall–Kier alpha value is -3.01. The van der Waals surface area contributed by atoms with Gasteiger partial charge >= 0.3 is 33.6 Å². The number of unbranched alkanes of at least 4 members (excludes halogenated alkanes) is 26. The minimum absolute atomic E-state index is 0.0971. The molecule has 0 spiro atoms. The summed E-state index contributed by atoms with van der Waals surface area (Å²) >= 11 is 0. The summed E-state index contributed by atoms with van der Waals surface area (Å²) in [4.78, 5) is 58.2. The Morgan fingerprint density at radius 1 is 0.349 bits per heavy atom. The van der Waals surface area contributed by atoms with Crippen molar-refractivity contribution in [2.45, 2.75) is 283 Å². The van der Waals surface area contributed by atoms with Gasteiger partial charge in [-0.1, -0.05) is 229 Å². The van der Waals surface area contributed by atoms with Crippen LogP contribution in [0, 0.1) is 0 Å². The molecule has 0 amide bonds. The van der Waals surface area contributed by atoms with Crippen LogP contribution in [-0.2, 0) is 55.8 Å². The van der Waals surface area contributed by atoms with Crippen molar-refractivity contribution in [2.75, 3.05) is 39.6 Å². The third-order valence-corrected chi connectivity index (χ3v) is 15.3. The average molecular weight is 1220 g/mol. The van der Waals surface area contributed by atoms with Crippen LogP contribution >= 0.6 is 15.6 Å². The highest BCUT2D eigenvalue weighted by Crippen LogP contribution is 2.45. The molecule has 83 heavy (non-hydrogen) atoms. The Morgan fingerprint density at radius 3 is 1.05 bits per heavy atom. The Kier molecular flexibility index (Phi) is 57.2. The highest BCUT2D eigenvalue weighted by molar-refractivity contribution is 7.47. The molecule has 0 aliphatic heterocycles. The molecule has 0 radical (unpaired) electrons. The molecule has 5 atom stereocenters. The molecule has 0 saturated heterocycles. The maximum atomic E-state index is 12.9. The van der Waals surface area contributed by atoms with Crippen molar-refractivity contribution in [3.8, 4) is 0 Å². The van der Waals surface area contributed by atoms with Crippen LogP contribution in [0.25, 0.3) is 0 Å². The summed E-state index contributed by atoms with van der Waals surface area (Å²) in [5, 5.41) is 20.5. The minimum Gasteiger partial charge on any atom is -0.463 e. The van der Waals surface area contributed by atoms with Crippen LogP contribution in [0.5, 0.6) is 0 Å². The molecule has 0 aliphatic carbocycles. The minimum atomic E-state index is -4.92. The van der Waals surface area contributed by atoms with Crippen LogP contribution < -0.4 is 0 Å². The quantitative estimate of drug-likeness (QED) is 0.0146. The van der Waals surface area contributed by atoms with Gasteiger partial charge in [-0.05, 0) is 89.9 Å². The van der Waals surface area contributed by atoms with Crippen molar-refractivity contribution in [3.05, 3.63) is 72.9 Å². The fraction of sp³-hybridized carbons (Fsp3) is 0.769. The van der Waals surface area contributed by atoms with Crippen LogP contribution in [0.15, 0.2) is 72.9 Å². The van der Waals surface area contributed by atoms with Crippen molar-refractivity contribution in [1.82, 2.24) is 0 Å². The predicted molar refractivity (Wildman–Crippen MR) is 335 cm³/mol. The van der Waals surface area contributed by atoms with Crippen LogP contribution in [0.4, 0.5) is 0 Å². The number of carbonyl (C=O) groups excluding carboxylic acids is 3. The van der Waals surface area contributed by atoms with Gasteiger partial charge in [0.2, 0.25) is 0 Å². The van der Waals surface area contributed by atoms with E-state index in [1.54, 1.807) is 0 Å². The van der Waals surface area contributed by atoms with E-state index in [9.17, 15) is 43.5 Å². The molecule has 0 heterocycles. The summed E-state index contributed by atoms with van der Waals surface area (Å²) in [6.07, 6.45) is 59.6. The van der Waals surface area contributed by atoms with Crippen molar-refractivity contribution in [3.63, 3.8) is 0 Å². The van der Waals surface area contributed by atoms with Crippen LogP contribution in [0.2, 0.25) is 0 Å². The SMILES string of the molecule is CC/C=C\C/C=C\C/C=C\C/C=C\C/C=C\CCCCCC(=O)OCC(O)COP(=O)(O)OCC(O)COP(=O)(O)OCC(COC(=O)CCCCCCCCCCCCCCCCC)OC(=O)CCCCCCC/C=C\CCCCCC. The van der Waals surface area contributed by atoms with Gasteiger partial charge in [0, 0.05) is 19.3 Å².